The Morgan fingerprint density at radius 3 is 1.82 bits per heavy atom. The third kappa shape index (κ3) is 5.06. The fraction of sp³-hybridized carbons (Fsp3) is 0.300. The summed E-state index contributed by atoms with van der Waals surface area (Å²) in [4.78, 5) is 24.6. The van der Waals surface area contributed by atoms with E-state index in [0.29, 0.717) is 35.2 Å². The van der Waals surface area contributed by atoms with Crippen LogP contribution in [0.2, 0.25) is 0 Å². The van der Waals surface area contributed by atoms with Crippen LogP contribution in [0.3, 0.4) is 0 Å². The van der Waals surface area contributed by atoms with Crippen molar-refractivity contribution in [2.24, 2.45) is 0 Å². The van der Waals surface area contributed by atoms with Crippen molar-refractivity contribution < 1.29 is 28.5 Å². The molecule has 2 rings (SSSR count). The maximum absolute atomic E-state index is 12.4. The molecule has 0 heterocycles. The molecule has 0 bridgehead atoms. The normalized spacial score (nSPS) is 10.0. The number of benzene rings is 2. The smallest absolute Gasteiger partial charge is 0.269 e. The van der Waals surface area contributed by atoms with Gasteiger partial charge in [-0.15, -0.1) is 0 Å². The average molecular weight is 388 g/mol. The minimum Gasteiger partial charge on any atom is -0.494 e. The molecule has 8 heteroatoms. The summed E-state index contributed by atoms with van der Waals surface area (Å²) in [6.07, 6.45) is 0.898. The summed E-state index contributed by atoms with van der Waals surface area (Å²) in [5.74, 6) is 0.733. The second-order valence-corrected chi connectivity index (χ2v) is 5.70. The van der Waals surface area contributed by atoms with Crippen LogP contribution >= 0.6 is 0 Å². The first-order valence-corrected chi connectivity index (χ1v) is 8.67. The van der Waals surface area contributed by atoms with E-state index < -0.39 is 11.8 Å². The molecular weight excluding hydrogens is 364 g/mol. The first-order chi connectivity index (χ1) is 13.5. The minimum atomic E-state index is -0.532. The van der Waals surface area contributed by atoms with Gasteiger partial charge in [-0.25, -0.2) is 0 Å². The molecule has 0 radical (unpaired) electrons. The first-order valence-electron chi connectivity index (χ1n) is 8.67. The van der Waals surface area contributed by atoms with E-state index in [1.807, 2.05) is 6.92 Å². The van der Waals surface area contributed by atoms with Gasteiger partial charge in [-0.1, -0.05) is 6.92 Å². The number of hydrogen-bond donors (Lipinski definition) is 2. The Morgan fingerprint density at radius 2 is 1.36 bits per heavy atom. The lowest BCUT2D eigenvalue weighted by Crippen LogP contribution is -2.41. The first kappa shape index (κ1) is 20.9. The molecule has 28 heavy (non-hydrogen) atoms. The van der Waals surface area contributed by atoms with Gasteiger partial charge in [-0.2, -0.15) is 0 Å². The van der Waals surface area contributed by atoms with Gasteiger partial charge in [-0.05, 0) is 42.8 Å². The van der Waals surface area contributed by atoms with Crippen molar-refractivity contribution in [1.82, 2.24) is 10.9 Å². The Hall–Kier alpha value is -3.42. The number of ether oxygens (including phenoxy) is 4. The van der Waals surface area contributed by atoms with Crippen molar-refractivity contribution in [1.29, 1.82) is 0 Å². The molecule has 0 aliphatic carbocycles. The standard InChI is InChI=1S/C20H24N2O6/c1-5-10-28-15-8-6-13(7-9-15)19(23)21-22-20(24)14-11-16(25-2)18(27-4)17(12-14)26-3/h6-9,11-12H,5,10H2,1-4H3,(H,21,23)(H,22,24). The topological polar surface area (TPSA) is 95.1 Å². The lowest BCUT2D eigenvalue weighted by molar-refractivity contribution is 0.0846. The highest BCUT2D eigenvalue weighted by Crippen LogP contribution is 2.38. The number of hydrazine groups is 1. The van der Waals surface area contributed by atoms with Gasteiger partial charge in [-0.3, -0.25) is 20.4 Å². The van der Waals surface area contributed by atoms with Crippen LogP contribution in [0.1, 0.15) is 34.1 Å². The molecule has 0 unspecified atom stereocenters. The predicted molar refractivity (Wildman–Crippen MR) is 103 cm³/mol. The Labute approximate surface area is 163 Å². The molecule has 2 aromatic carbocycles. The zero-order valence-electron chi connectivity index (χ0n) is 16.3. The quantitative estimate of drug-likeness (QED) is 0.675. The monoisotopic (exact) mass is 388 g/mol. The van der Waals surface area contributed by atoms with Gasteiger partial charge < -0.3 is 18.9 Å². The molecule has 0 saturated carbocycles. The SMILES string of the molecule is CCCOc1ccc(C(=O)NNC(=O)c2cc(OC)c(OC)c(OC)c2)cc1. The third-order valence-electron chi connectivity index (χ3n) is 3.81. The molecule has 150 valence electrons. The summed E-state index contributed by atoms with van der Waals surface area (Å²) in [6, 6.07) is 9.61. The highest BCUT2D eigenvalue weighted by Gasteiger charge is 2.17. The van der Waals surface area contributed by atoms with E-state index in [9.17, 15) is 9.59 Å². The molecule has 0 aromatic heterocycles. The van der Waals surface area contributed by atoms with Crippen LogP contribution in [-0.2, 0) is 0 Å². The Morgan fingerprint density at radius 1 is 0.821 bits per heavy atom. The van der Waals surface area contributed by atoms with Gasteiger partial charge in [0.2, 0.25) is 5.75 Å². The average Bonchev–Trinajstić information content (AvgIpc) is 2.74. The fourth-order valence-corrected chi connectivity index (χ4v) is 2.39. The van der Waals surface area contributed by atoms with E-state index in [1.165, 1.54) is 33.5 Å². The number of carbonyl (C=O) groups excluding carboxylic acids is 2. The molecule has 0 atom stereocenters. The zero-order valence-corrected chi connectivity index (χ0v) is 16.3. The van der Waals surface area contributed by atoms with Gasteiger partial charge in [0.15, 0.2) is 11.5 Å². The summed E-state index contributed by atoms with van der Waals surface area (Å²) in [5.41, 5.74) is 5.35. The van der Waals surface area contributed by atoms with Crippen LogP contribution < -0.4 is 29.8 Å². The Kier molecular flexibility index (Phi) is 7.50. The minimum absolute atomic E-state index is 0.234. The maximum Gasteiger partial charge on any atom is 0.269 e. The summed E-state index contributed by atoms with van der Waals surface area (Å²) in [7, 11) is 4.38. The maximum atomic E-state index is 12.4. The second-order valence-electron chi connectivity index (χ2n) is 5.70. The molecule has 2 N–H and O–H groups in total. The predicted octanol–water partition coefficient (Wildman–Crippen LogP) is 2.58. The molecule has 8 nitrogen and oxygen atoms in total. The van der Waals surface area contributed by atoms with Gasteiger partial charge in [0.05, 0.1) is 27.9 Å². The zero-order chi connectivity index (χ0) is 20.5. The van der Waals surface area contributed by atoms with E-state index in [-0.39, 0.29) is 5.56 Å². The van der Waals surface area contributed by atoms with Crippen LogP contribution in [0.5, 0.6) is 23.0 Å². The second kappa shape index (κ2) is 10.1. The Balaban J connectivity index is 2.04. The molecule has 0 aliphatic rings. The van der Waals surface area contributed by atoms with Crippen LogP contribution in [0.4, 0.5) is 0 Å². The molecule has 0 fully saturated rings. The lowest BCUT2D eigenvalue weighted by atomic mass is 10.1. The van der Waals surface area contributed by atoms with Crippen molar-refractivity contribution in [2.75, 3.05) is 27.9 Å². The summed E-state index contributed by atoms with van der Waals surface area (Å²) >= 11 is 0. The molecular formula is C20H24N2O6. The summed E-state index contributed by atoms with van der Waals surface area (Å²) in [5, 5.41) is 0. The number of methoxy groups -OCH3 is 3. The van der Waals surface area contributed by atoms with E-state index in [1.54, 1.807) is 24.3 Å². The van der Waals surface area contributed by atoms with Crippen LogP contribution in [0, 0.1) is 0 Å². The lowest BCUT2D eigenvalue weighted by Gasteiger charge is -2.14. The highest BCUT2D eigenvalue weighted by molar-refractivity contribution is 5.99. The van der Waals surface area contributed by atoms with E-state index in [0.717, 1.165) is 6.42 Å². The summed E-state index contributed by atoms with van der Waals surface area (Å²) < 4.78 is 21.1. The van der Waals surface area contributed by atoms with Gasteiger partial charge in [0.1, 0.15) is 5.75 Å². The third-order valence-corrected chi connectivity index (χ3v) is 3.81. The van der Waals surface area contributed by atoms with Crippen LogP contribution in [0.25, 0.3) is 0 Å². The van der Waals surface area contributed by atoms with E-state index >= 15 is 0 Å². The van der Waals surface area contributed by atoms with Crippen LogP contribution in [0.15, 0.2) is 36.4 Å². The van der Waals surface area contributed by atoms with Crippen molar-refractivity contribution in [3.63, 3.8) is 0 Å². The number of hydrogen-bond acceptors (Lipinski definition) is 6. The van der Waals surface area contributed by atoms with Gasteiger partial charge >= 0.3 is 0 Å². The van der Waals surface area contributed by atoms with Crippen molar-refractivity contribution >= 4 is 11.8 Å². The number of carbonyl (C=O) groups is 2. The summed E-state index contributed by atoms with van der Waals surface area (Å²) in [6.45, 7) is 2.62. The fourth-order valence-electron chi connectivity index (χ4n) is 2.39. The van der Waals surface area contributed by atoms with Crippen molar-refractivity contribution in [2.45, 2.75) is 13.3 Å². The molecule has 0 spiro atoms. The molecule has 2 aromatic rings. The largest absolute Gasteiger partial charge is 0.494 e. The molecule has 2 amide bonds. The Bertz CT molecular complexity index is 795. The number of amides is 2. The van der Waals surface area contributed by atoms with Gasteiger partial charge in [0.25, 0.3) is 11.8 Å². The van der Waals surface area contributed by atoms with E-state index in [2.05, 4.69) is 10.9 Å². The van der Waals surface area contributed by atoms with Crippen molar-refractivity contribution in [3.05, 3.63) is 47.5 Å². The van der Waals surface area contributed by atoms with E-state index in [4.69, 9.17) is 18.9 Å². The van der Waals surface area contributed by atoms with Gasteiger partial charge in [0, 0.05) is 11.1 Å². The van der Waals surface area contributed by atoms with Crippen molar-refractivity contribution in [3.8, 4) is 23.0 Å². The highest BCUT2D eigenvalue weighted by atomic mass is 16.5. The molecule has 0 aliphatic heterocycles. The van der Waals surface area contributed by atoms with Crippen LogP contribution in [-0.4, -0.2) is 39.8 Å². The number of nitrogens with one attached hydrogen (secondary N) is 2. The number of rotatable bonds is 8. The molecule has 0 saturated heterocycles.